The molecule has 0 aliphatic carbocycles. The van der Waals surface area contributed by atoms with Gasteiger partial charge in [-0.3, -0.25) is 4.68 Å². The van der Waals surface area contributed by atoms with Crippen molar-refractivity contribution in [1.29, 1.82) is 0 Å². The van der Waals surface area contributed by atoms with Crippen LogP contribution in [0.1, 0.15) is 6.92 Å². The molecule has 0 spiro atoms. The number of benzene rings is 1. The number of rotatable bonds is 2. The number of amides is 2. The molecule has 1 aliphatic heterocycles. The predicted octanol–water partition coefficient (Wildman–Crippen LogP) is 2.30. The molecule has 3 rings (SSSR count). The molecule has 0 saturated carbocycles. The van der Waals surface area contributed by atoms with Crippen molar-refractivity contribution in [3.8, 4) is 0 Å². The molecule has 7 heteroatoms. The quantitative estimate of drug-likeness (QED) is 0.925. The third-order valence-corrected chi connectivity index (χ3v) is 4.03. The van der Waals surface area contributed by atoms with Crippen LogP contribution in [0.5, 0.6) is 0 Å². The van der Waals surface area contributed by atoms with E-state index in [2.05, 4.69) is 10.4 Å². The van der Waals surface area contributed by atoms with Crippen LogP contribution in [-0.2, 0) is 7.05 Å². The number of urea groups is 1. The Morgan fingerprint density at radius 3 is 2.78 bits per heavy atom. The van der Waals surface area contributed by atoms with Crippen molar-refractivity contribution in [3.63, 3.8) is 0 Å². The van der Waals surface area contributed by atoms with Gasteiger partial charge >= 0.3 is 6.03 Å². The van der Waals surface area contributed by atoms with Gasteiger partial charge in [0.05, 0.1) is 17.6 Å². The van der Waals surface area contributed by atoms with Crippen molar-refractivity contribution in [2.45, 2.75) is 13.0 Å². The average molecular weight is 317 g/mol. The number of aromatic nitrogens is 2. The highest BCUT2D eigenvalue weighted by atomic mass is 19.1. The van der Waals surface area contributed by atoms with Crippen molar-refractivity contribution in [2.24, 2.45) is 7.05 Å². The zero-order valence-electron chi connectivity index (χ0n) is 13.2. The number of carbonyl (C=O) groups excluding carboxylic acids is 1. The monoisotopic (exact) mass is 317 g/mol. The van der Waals surface area contributed by atoms with Gasteiger partial charge in [-0.2, -0.15) is 5.10 Å². The average Bonchev–Trinajstić information content (AvgIpc) is 2.93. The van der Waals surface area contributed by atoms with E-state index in [0.717, 1.165) is 0 Å². The normalized spacial score (nSPS) is 18.1. The number of hydrogen-bond acceptors (Lipinski definition) is 3. The van der Waals surface area contributed by atoms with Gasteiger partial charge in [0.25, 0.3) is 0 Å². The molecule has 1 N–H and O–H groups in total. The van der Waals surface area contributed by atoms with E-state index in [1.807, 2.05) is 17.9 Å². The summed E-state index contributed by atoms with van der Waals surface area (Å²) in [5.41, 5.74) is 1.26. The van der Waals surface area contributed by atoms with Crippen LogP contribution in [0, 0.1) is 5.82 Å². The fourth-order valence-corrected chi connectivity index (χ4v) is 2.87. The minimum absolute atomic E-state index is 0.0419. The number of para-hydroxylation sites is 1. The zero-order valence-corrected chi connectivity index (χ0v) is 13.2. The van der Waals surface area contributed by atoms with Crippen molar-refractivity contribution in [3.05, 3.63) is 42.5 Å². The molecule has 1 fully saturated rings. The summed E-state index contributed by atoms with van der Waals surface area (Å²) in [4.78, 5) is 16.1. The van der Waals surface area contributed by atoms with Crippen LogP contribution >= 0.6 is 0 Å². The molecule has 23 heavy (non-hydrogen) atoms. The third-order valence-electron chi connectivity index (χ3n) is 4.03. The van der Waals surface area contributed by atoms with Gasteiger partial charge in [-0.1, -0.05) is 12.1 Å². The van der Waals surface area contributed by atoms with E-state index < -0.39 is 0 Å². The minimum atomic E-state index is -0.229. The number of hydrogen-bond donors (Lipinski definition) is 1. The van der Waals surface area contributed by atoms with Gasteiger partial charge < -0.3 is 15.1 Å². The zero-order chi connectivity index (χ0) is 16.4. The van der Waals surface area contributed by atoms with Gasteiger partial charge in [-0.15, -0.1) is 0 Å². The number of halogens is 1. The topological polar surface area (TPSA) is 53.4 Å². The molecular formula is C16H20FN5O. The van der Waals surface area contributed by atoms with E-state index in [1.165, 1.54) is 6.07 Å². The Labute approximate surface area is 134 Å². The van der Waals surface area contributed by atoms with Gasteiger partial charge in [0.1, 0.15) is 5.82 Å². The minimum Gasteiger partial charge on any atom is -0.363 e. The van der Waals surface area contributed by atoms with E-state index in [9.17, 15) is 9.18 Å². The van der Waals surface area contributed by atoms with Gasteiger partial charge in [-0.05, 0) is 19.1 Å². The summed E-state index contributed by atoms with van der Waals surface area (Å²) in [6.07, 6.45) is 3.36. The lowest BCUT2D eigenvalue weighted by atomic mass is 10.1. The molecule has 0 unspecified atom stereocenters. The maximum absolute atomic E-state index is 13.9. The van der Waals surface area contributed by atoms with E-state index >= 15 is 0 Å². The lowest BCUT2D eigenvalue weighted by molar-refractivity contribution is 0.200. The van der Waals surface area contributed by atoms with Crippen molar-refractivity contribution < 1.29 is 9.18 Å². The molecule has 1 atom stereocenters. The maximum atomic E-state index is 13.9. The summed E-state index contributed by atoms with van der Waals surface area (Å²) in [5.74, 6) is -0.229. The first-order chi connectivity index (χ1) is 11.0. The Hall–Kier alpha value is -2.57. The lowest BCUT2D eigenvalue weighted by Crippen LogP contribution is -2.55. The van der Waals surface area contributed by atoms with E-state index in [0.29, 0.717) is 31.0 Å². The van der Waals surface area contributed by atoms with Gasteiger partial charge in [-0.25, -0.2) is 9.18 Å². The third kappa shape index (κ3) is 3.28. The maximum Gasteiger partial charge on any atom is 0.322 e. The van der Waals surface area contributed by atoms with Crippen LogP contribution in [-0.4, -0.2) is 46.4 Å². The second-order valence-corrected chi connectivity index (χ2v) is 5.77. The first-order valence-electron chi connectivity index (χ1n) is 7.60. The Bertz CT molecular complexity index is 701. The van der Waals surface area contributed by atoms with E-state index in [1.54, 1.807) is 41.2 Å². The molecule has 1 aliphatic rings. The van der Waals surface area contributed by atoms with Crippen LogP contribution in [0.4, 0.5) is 20.6 Å². The summed E-state index contributed by atoms with van der Waals surface area (Å²) < 4.78 is 15.6. The van der Waals surface area contributed by atoms with E-state index in [-0.39, 0.29) is 17.9 Å². The SMILES string of the molecule is C[C@H]1CN(C(=O)Nc2cnn(C)c2)CCN1c1ccccc1F. The Kier molecular flexibility index (Phi) is 4.18. The summed E-state index contributed by atoms with van der Waals surface area (Å²) >= 11 is 0. The molecular weight excluding hydrogens is 297 g/mol. The molecule has 122 valence electrons. The first-order valence-corrected chi connectivity index (χ1v) is 7.60. The van der Waals surface area contributed by atoms with Crippen LogP contribution in [0.2, 0.25) is 0 Å². The smallest absolute Gasteiger partial charge is 0.322 e. The van der Waals surface area contributed by atoms with Gasteiger partial charge in [0, 0.05) is 38.9 Å². The van der Waals surface area contributed by atoms with Crippen molar-refractivity contribution in [1.82, 2.24) is 14.7 Å². The predicted molar refractivity (Wildman–Crippen MR) is 87.0 cm³/mol. The highest BCUT2D eigenvalue weighted by Gasteiger charge is 2.28. The highest BCUT2D eigenvalue weighted by molar-refractivity contribution is 5.89. The van der Waals surface area contributed by atoms with Crippen LogP contribution in [0.15, 0.2) is 36.7 Å². The number of aryl methyl sites for hydroxylation is 1. The lowest BCUT2D eigenvalue weighted by Gasteiger charge is -2.41. The second kappa shape index (κ2) is 6.28. The van der Waals surface area contributed by atoms with Crippen LogP contribution < -0.4 is 10.2 Å². The van der Waals surface area contributed by atoms with Gasteiger partial charge in [0.2, 0.25) is 0 Å². The van der Waals surface area contributed by atoms with Gasteiger partial charge in [0.15, 0.2) is 0 Å². The molecule has 0 bridgehead atoms. The Balaban J connectivity index is 1.64. The first kappa shape index (κ1) is 15.3. The number of anilines is 2. The molecule has 2 heterocycles. The number of carbonyl (C=O) groups is 1. The molecule has 2 aromatic rings. The van der Waals surface area contributed by atoms with Crippen molar-refractivity contribution in [2.75, 3.05) is 29.9 Å². The molecule has 1 aromatic heterocycles. The molecule has 6 nitrogen and oxygen atoms in total. The largest absolute Gasteiger partial charge is 0.363 e. The van der Waals surface area contributed by atoms with Crippen LogP contribution in [0.25, 0.3) is 0 Å². The summed E-state index contributed by atoms with van der Waals surface area (Å²) in [7, 11) is 1.80. The highest BCUT2D eigenvalue weighted by Crippen LogP contribution is 2.23. The number of nitrogens with one attached hydrogen (secondary N) is 1. The molecule has 1 aromatic carbocycles. The summed E-state index contributed by atoms with van der Waals surface area (Å²) in [6.45, 7) is 3.68. The van der Waals surface area contributed by atoms with Crippen molar-refractivity contribution >= 4 is 17.4 Å². The molecule has 0 radical (unpaired) electrons. The number of piperazine rings is 1. The fraction of sp³-hybridized carbons (Fsp3) is 0.375. The summed E-state index contributed by atoms with van der Waals surface area (Å²) in [5, 5.41) is 6.85. The Morgan fingerprint density at radius 2 is 2.13 bits per heavy atom. The standard InChI is InChI=1S/C16H20FN5O/c1-12-10-21(16(23)19-13-9-18-20(2)11-13)7-8-22(12)15-6-4-3-5-14(15)17/h3-6,9,11-12H,7-8,10H2,1-2H3,(H,19,23)/t12-/m0/s1. The van der Waals surface area contributed by atoms with Crippen LogP contribution in [0.3, 0.4) is 0 Å². The second-order valence-electron chi connectivity index (χ2n) is 5.77. The molecule has 2 amide bonds. The van der Waals surface area contributed by atoms with E-state index in [4.69, 9.17) is 0 Å². The molecule has 1 saturated heterocycles. The summed E-state index contributed by atoms with van der Waals surface area (Å²) in [6, 6.07) is 6.63. The number of nitrogens with zero attached hydrogens (tertiary/aromatic N) is 4. The Morgan fingerprint density at radius 1 is 1.35 bits per heavy atom. The fourth-order valence-electron chi connectivity index (χ4n) is 2.87.